The molecule has 130 valence electrons. The normalized spacial score (nSPS) is 27.5. The maximum absolute atomic E-state index is 6.18. The molecule has 7 heteroatoms. The maximum Gasteiger partial charge on any atom is 0.0901 e. The Morgan fingerprint density at radius 3 is 3.17 bits per heavy atom. The van der Waals surface area contributed by atoms with E-state index in [2.05, 4.69) is 26.6 Å². The molecule has 2 aromatic heterocycles. The fourth-order valence-electron chi connectivity index (χ4n) is 3.75. The van der Waals surface area contributed by atoms with Gasteiger partial charge in [-0.25, -0.2) is 4.98 Å². The van der Waals surface area contributed by atoms with Gasteiger partial charge in [-0.3, -0.25) is 9.58 Å². The Hall–Kier alpha value is -1.28. The van der Waals surface area contributed by atoms with Crippen molar-refractivity contribution >= 4 is 11.3 Å². The molecule has 2 aliphatic rings. The number of aryl methyl sites for hydroxylation is 2. The summed E-state index contributed by atoms with van der Waals surface area (Å²) in [5, 5.41) is 7.42. The number of thiazole rings is 1. The minimum absolute atomic E-state index is 0.0229. The van der Waals surface area contributed by atoms with Crippen molar-refractivity contribution in [3.05, 3.63) is 34.0 Å². The first-order valence-electron chi connectivity index (χ1n) is 8.47. The lowest BCUT2D eigenvalue weighted by molar-refractivity contribution is -0.000750. The van der Waals surface area contributed by atoms with Crippen molar-refractivity contribution in [3.63, 3.8) is 0 Å². The number of likely N-dealkylation sites (tertiary alicyclic amines) is 1. The lowest BCUT2D eigenvalue weighted by Crippen LogP contribution is -2.32. The van der Waals surface area contributed by atoms with Gasteiger partial charge in [-0.2, -0.15) is 5.10 Å². The van der Waals surface area contributed by atoms with Crippen molar-refractivity contribution in [2.45, 2.75) is 44.6 Å². The lowest BCUT2D eigenvalue weighted by atomic mass is 9.98. The molecule has 4 heterocycles. The quantitative estimate of drug-likeness (QED) is 0.829. The Bertz CT molecular complexity index is 700. The lowest BCUT2D eigenvalue weighted by Gasteiger charge is -2.23. The van der Waals surface area contributed by atoms with Gasteiger partial charge in [0.25, 0.3) is 0 Å². The largest absolute Gasteiger partial charge is 0.371 e. The average Bonchev–Trinajstić information content (AvgIpc) is 3.31. The average molecular weight is 348 g/mol. The van der Waals surface area contributed by atoms with Gasteiger partial charge in [0, 0.05) is 50.2 Å². The molecule has 2 atom stereocenters. The summed E-state index contributed by atoms with van der Waals surface area (Å²) in [6, 6.07) is 0. The molecule has 4 rings (SSSR count). The van der Waals surface area contributed by atoms with Crippen LogP contribution in [0.4, 0.5) is 0 Å². The second kappa shape index (κ2) is 6.55. The molecule has 2 aromatic rings. The van der Waals surface area contributed by atoms with Crippen LogP contribution in [0.5, 0.6) is 0 Å². The summed E-state index contributed by atoms with van der Waals surface area (Å²) < 4.78 is 14.1. The van der Waals surface area contributed by atoms with Crippen LogP contribution < -0.4 is 0 Å². The van der Waals surface area contributed by atoms with E-state index in [0.29, 0.717) is 13.2 Å². The van der Waals surface area contributed by atoms with E-state index in [1.807, 2.05) is 24.9 Å². The van der Waals surface area contributed by atoms with Crippen LogP contribution in [0.15, 0.2) is 17.8 Å². The highest BCUT2D eigenvalue weighted by Crippen LogP contribution is 2.37. The summed E-state index contributed by atoms with van der Waals surface area (Å²) in [5.41, 5.74) is 2.27. The molecule has 2 saturated heterocycles. The minimum atomic E-state index is -0.0229. The predicted molar refractivity (Wildman–Crippen MR) is 91.8 cm³/mol. The summed E-state index contributed by atoms with van der Waals surface area (Å²) >= 11 is 1.67. The van der Waals surface area contributed by atoms with Gasteiger partial charge in [-0.05, 0) is 13.3 Å². The van der Waals surface area contributed by atoms with E-state index in [-0.39, 0.29) is 11.7 Å². The number of nitrogens with zero attached hydrogens (tertiary/aromatic N) is 4. The van der Waals surface area contributed by atoms with E-state index in [1.54, 1.807) is 11.3 Å². The summed E-state index contributed by atoms with van der Waals surface area (Å²) in [7, 11) is 1.96. The third-order valence-electron chi connectivity index (χ3n) is 4.87. The molecular weight excluding hydrogens is 324 g/mol. The first-order valence-corrected chi connectivity index (χ1v) is 9.35. The van der Waals surface area contributed by atoms with Crippen molar-refractivity contribution in [3.8, 4) is 0 Å². The Balaban J connectivity index is 1.28. The topological polar surface area (TPSA) is 52.4 Å². The number of hydrogen-bond acceptors (Lipinski definition) is 6. The Kier molecular flexibility index (Phi) is 4.42. The van der Waals surface area contributed by atoms with Crippen LogP contribution in [-0.4, -0.2) is 51.1 Å². The molecule has 0 aliphatic carbocycles. The molecule has 2 fully saturated rings. The predicted octanol–water partition coefficient (Wildman–Crippen LogP) is 2.14. The molecule has 1 spiro atoms. The summed E-state index contributed by atoms with van der Waals surface area (Å²) in [6.07, 6.45) is 6.29. The zero-order chi connectivity index (χ0) is 16.6. The van der Waals surface area contributed by atoms with Gasteiger partial charge in [0.05, 0.1) is 41.8 Å². The summed E-state index contributed by atoms with van der Waals surface area (Å²) in [4.78, 5) is 6.92. The molecule has 6 nitrogen and oxygen atoms in total. The molecule has 0 amide bonds. The summed E-state index contributed by atoms with van der Waals surface area (Å²) in [6.45, 7) is 6.32. The van der Waals surface area contributed by atoms with Gasteiger partial charge in [-0.1, -0.05) is 0 Å². The molecule has 0 radical (unpaired) electrons. The second-order valence-corrected chi connectivity index (χ2v) is 8.03. The van der Waals surface area contributed by atoms with Gasteiger partial charge >= 0.3 is 0 Å². The van der Waals surface area contributed by atoms with Gasteiger partial charge in [0.1, 0.15) is 0 Å². The molecule has 24 heavy (non-hydrogen) atoms. The van der Waals surface area contributed by atoms with E-state index < -0.39 is 0 Å². The van der Waals surface area contributed by atoms with Crippen molar-refractivity contribution in [1.29, 1.82) is 0 Å². The van der Waals surface area contributed by atoms with Crippen molar-refractivity contribution in [1.82, 2.24) is 19.7 Å². The molecule has 2 unspecified atom stereocenters. The molecule has 0 N–H and O–H groups in total. The zero-order valence-electron chi connectivity index (χ0n) is 14.3. The molecule has 0 bridgehead atoms. The van der Waals surface area contributed by atoms with E-state index in [4.69, 9.17) is 9.47 Å². The van der Waals surface area contributed by atoms with E-state index in [1.165, 1.54) is 5.56 Å². The van der Waals surface area contributed by atoms with Crippen LogP contribution in [0.3, 0.4) is 0 Å². The first kappa shape index (κ1) is 16.2. The fraction of sp³-hybridized carbons (Fsp3) is 0.647. The molecule has 0 saturated carbocycles. The fourth-order valence-corrected chi connectivity index (χ4v) is 4.34. The summed E-state index contributed by atoms with van der Waals surface area (Å²) in [5.74, 6) is 0. The third-order valence-corrected chi connectivity index (χ3v) is 5.69. The standard InChI is InChI=1S/C17H24N4O2S/c1-13-19-15(11-24-13)9-22-16-5-17(23-10-16)3-4-21(12-17)8-14-6-18-20(2)7-14/h6-7,11,16H,3-5,8-10,12H2,1-2H3. The number of rotatable bonds is 5. The van der Waals surface area contributed by atoms with Crippen molar-refractivity contribution < 1.29 is 9.47 Å². The number of aromatic nitrogens is 3. The van der Waals surface area contributed by atoms with Gasteiger partial charge in [0.15, 0.2) is 0 Å². The van der Waals surface area contributed by atoms with Crippen LogP contribution in [-0.2, 0) is 29.7 Å². The van der Waals surface area contributed by atoms with Crippen LogP contribution in [0, 0.1) is 6.92 Å². The smallest absolute Gasteiger partial charge is 0.0901 e. The minimum Gasteiger partial charge on any atom is -0.371 e. The first-order chi connectivity index (χ1) is 11.6. The van der Waals surface area contributed by atoms with Crippen molar-refractivity contribution in [2.24, 2.45) is 7.05 Å². The Labute approximate surface area is 146 Å². The van der Waals surface area contributed by atoms with E-state index in [9.17, 15) is 0 Å². The Morgan fingerprint density at radius 1 is 1.50 bits per heavy atom. The van der Waals surface area contributed by atoms with Gasteiger partial charge in [-0.15, -0.1) is 11.3 Å². The monoisotopic (exact) mass is 348 g/mol. The highest BCUT2D eigenvalue weighted by Gasteiger charge is 2.45. The molecule has 0 aromatic carbocycles. The number of hydrogen-bond donors (Lipinski definition) is 0. The van der Waals surface area contributed by atoms with Gasteiger partial charge < -0.3 is 9.47 Å². The second-order valence-electron chi connectivity index (χ2n) is 6.97. The van der Waals surface area contributed by atoms with E-state index >= 15 is 0 Å². The highest BCUT2D eigenvalue weighted by atomic mass is 32.1. The maximum atomic E-state index is 6.18. The van der Waals surface area contributed by atoms with Crippen molar-refractivity contribution in [2.75, 3.05) is 19.7 Å². The Morgan fingerprint density at radius 2 is 2.42 bits per heavy atom. The zero-order valence-corrected chi connectivity index (χ0v) is 15.1. The third kappa shape index (κ3) is 3.54. The van der Waals surface area contributed by atoms with Crippen LogP contribution in [0.1, 0.15) is 29.1 Å². The molecular formula is C17H24N4O2S. The number of ether oxygens (including phenoxy) is 2. The molecule has 2 aliphatic heterocycles. The van der Waals surface area contributed by atoms with E-state index in [0.717, 1.165) is 43.2 Å². The van der Waals surface area contributed by atoms with Crippen LogP contribution in [0.2, 0.25) is 0 Å². The van der Waals surface area contributed by atoms with Crippen LogP contribution in [0.25, 0.3) is 0 Å². The highest BCUT2D eigenvalue weighted by molar-refractivity contribution is 7.09. The van der Waals surface area contributed by atoms with Crippen LogP contribution >= 0.6 is 11.3 Å². The SMILES string of the molecule is Cc1nc(COC2COC3(CCN(Cc4cnn(C)c4)C3)C2)cs1. The van der Waals surface area contributed by atoms with Gasteiger partial charge in [0.2, 0.25) is 0 Å².